The Bertz CT molecular complexity index is 853. The molecule has 9 heteroatoms. The van der Waals surface area contributed by atoms with Gasteiger partial charge in [0, 0.05) is 31.7 Å². The van der Waals surface area contributed by atoms with E-state index in [0.717, 1.165) is 0 Å². The zero-order chi connectivity index (χ0) is 21.2. The second-order valence-corrected chi connectivity index (χ2v) is 6.83. The molecule has 0 atom stereocenters. The van der Waals surface area contributed by atoms with E-state index in [1.54, 1.807) is 23.1 Å². The van der Waals surface area contributed by atoms with E-state index < -0.39 is 23.5 Å². The van der Waals surface area contributed by atoms with E-state index in [-0.39, 0.29) is 24.0 Å². The number of alkyl halides is 6. The summed E-state index contributed by atoms with van der Waals surface area (Å²) in [6.45, 7) is 2.39. The van der Waals surface area contributed by atoms with Crippen LogP contribution in [0.25, 0.3) is 0 Å². The summed E-state index contributed by atoms with van der Waals surface area (Å²) < 4.78 is 78.2. The van der Waals surface area contributed by atoms with Crippen molar-refractivity contribution in [1.29, 1.82) is 0 Å². The van der Waals surface area contributed by atoms with Gasteiger partial charge in [0.05, 0.1) is 11.1 Å². The molecule has 29 heavy (non-hydrogen) atoms. The van der Waals surface area contributed by atoms with Gasteiger partial charge in [-0.05, 0) is 47.9 Å². The fourth-order valence-electron chi connectivity index (χ4n) is 3.22. The second-order valence-electron chi connectivity index (χ2n) is 6.83. The smallest absolute Gasteiger partial charge is 0.336 e. The first-order chi connectivity index (χ1) is 13.5. The Hall–Kier alpha value is -2.55. The van der Waals surface area contributed by atoms with Crippen LogP contribution in [0.2, 0.25) is 0 Å². The fourth-order valence-corrected chi connectivity index (χ4v) is 3.22. The summed E-state index contributed by atoms with van der Waals surface area (Å²) >= 11 is 0. The minimum absolute atomic E-state index is 0.105. The molecule has 0 spiro atoms. The number of rotatable bonds is 3. The molecule has 1 saturated heterocycles. The van der Waals surface area contributed by atoms with Crippen LogP contribution in [-0.2, 0) is 18.8 Å². The van der Waals surface area contributed by atoms with Crippen LogP contribution in [-0.4, -0.2) is 37.0 Å². The molecule has 2 aromatic rings. The monoisotopic (exact) mass is 416 g/mol. The molecule has 0 aromatic heterocycles. The molecule has 3 rings (SSSR count). The van der Waals surface area contributed by atoms with Crippen molar-refractivity contribution < 1.29 is 31.1 Å². The highest BCUT2D eigenvalue weighted by atomic mass is 19.4. The van der Waals surface area contributed by atoms with Crippen LogP contribution in [0.3, 0.4) is 0 Å². The summed E-state index contributed by atoms with van der Waals surface area (Å²) in [5.74, 6) is -0.214. The zero-order valence-electron chi connectivity index (χ0n) is 15.2. The lowest BCUT2D eigenvalue weighted by Gasteiger charge is -2.27. The number of amides is 1. The normalized spacial score (nSPS) is 15.4. The second kappa shape index (κ2) is 8.06. The standard InChI is InChI=1S/C20H18F6N2O/c21-19(22,23)16-10-14(11-17(12-16)20(24,25)26)8-13-2-1-3-15(9-13)18(29)28-6-4-27-5-7-28/h1-3,9-12,27H,4-8H2. The molecule has 0 saturated carbocycles. The van der Waals surface area contributed by atoms with Crippen molar-refractivity contribution in [1.82, 2.24) is 10.2 Å². The molecular weight excluding hydrogens is 398 g/mol. The minimum Gasteiger partial charge on any atom is -0.336 e. The third-order valence-corrected chi connectivity index (χ3v) is 4.63. The third kappa shape index (κ3) is 5.29. The number of nitrogens with zero attached hydrogens (tertiary/aromatic N) is 1. The van der Waals surface area contributed by atoms with E-state index in [2.05, 4.69) is 5.32 Å². The van der Waals surface area contributed by atoms with Gasteiger partial charge in [-0.25, -0.2) is 0 Å². The van der Waals surface area contributed by atoms with Gasteiger partial charge in [0.15, 0.2) is 0 Å². The van der Waals surface area contributed by atoms with E-state index >= 15 is 0 Å². The lowest BCUT2D eigenvalue weighted by atomic mass is 9.98. The quantitative estimate of drug-likeness (QED) is 0.755. The Balaban J connectivity index is 1.88. The molecule has 1 N–H and O–H groups in total. The maximum atomic E-state index is 13.0. The van der Waals surface area contributed by atoms with Crippen LogP contribution in [0.15, 0.2) is 42.5 Å². The SMILES string of the molecule is O=C(c1cccc(Cc2cc(C(F)(F)F)cc(C(F)(F)F)c2)c1)N1CCNCC1. The summed E-state index contributed by atoms with van der Waals surface area (Å²) in [6.07, 6.45) is -9.94. The average molecular weight is 416 g/mol. The van der Waals surface area contributed by atoms with E-state index in [1.165, 1.54) is 6.07 Å². The van der Waals surface area contributed by atoms with Gasteiger partial charge < -0.3 is 10.2 Å². The predicted molar refractivity (Wildman–Crippen MR) is 94.5 cm³/mol. The lowest BCUT2D eigenvalue weighted by Crippen LogP contribution is -2.46. The Labute approximate surface area is 163 Å². The number of hydrogen-bond donors (Lipinski definition) is 1. The largest absolute Gasteiger partial charge is 0.416 e. The van der Waals surface area contributed by atoms with Crippen LogP contribution in [0.4, 0.5) is 26.3 Å². The molecule has 156 valence electrons. The van der Waals surface area contributed by atoms with Crippen molar-refractivity contribution in [2.75, 3.05) is 26.2 Å². The van der Waals surface area contributed by atoms with Crippen molar-refractivity contribution in [3.63, 3.8) is 0 Å². The number of nitrogens with one attached hydrogen (secondary N) is 1. The first-order valence-electron chi connectivity index (χ1n) is 8.91. The maximum absolute atomic E-state index is 13.0. The Morgan fingerprint density at radius 2 is 1.45 bits per heavy atom. The molecule has 1 aliphatic heterocycles. The predicted octanol–water partition coefficient (Wildman–Crippen LogP) is 4.36. The Morgan fingerprint density at radius 1 is 0.862 bits per heavy atom. The summed E-state index contributed by atoms with van der Waals surface area (Å²) in [6, 6.07) is 7.76. The van der Waals surface area contributed by atoms with E-state index in [0.29, 0.717) is 49.4 Å². The molecule has 1 amide bonds. The van der Waals surface area contributed by atoms with E-state index in [9.17, 15) is 31.1 Å². The molecule has 0 radical (unpaired) electrons. The van der Waals surface area contributed by atoms with Crippen LogP contribution in [0.5, 0.6) is 0 Å². The molecule has 0 unspecified atom stereocenters. The van der Waals surface area contributed by atoms with Gasteiger partial charge >= 0.3 is 12.4 Å². The van der Waals surface area contributed by atoms with Crippen molar-refractivity contribution in [3.05, 3.63) is 70.3 Å². The zero-order valence-corrected chi connectivity index (χ0v) is 15.2. The molecule has 0 aliphatic carbocycles. The first-order valence-corrected chi connectivity index (χ1v) is 8.91. The van der Waals surface area contributed by atoms with Crippen LogP contribution in [0.1, 0.15) is 32.6 Å². The number of hydrogen-bond acceptors (Lipinski definition) is 2. The first kappa shape index (κ1) is 21.2. The maximum Gasteiger partial charge on any atom is 0.416 e. The van der Waals surface area contributed by atoms with Crippen LogP contribution >= 0.6 is 0 Å². The molecule has 2 aromatic carbocycles. The molecule has 1 fully saturated rings. The molecular formula is C20H18F6N2O. The number of carbonyl (C=O) groups is 1. The van der Waals surface area contributed by atoms with Gasteiger partial charge in [-0.15, -0.1) is 0 Å². The highest BCUT2D eigenvalue weighted by Crippen LogP contribution is 2.36. The summed E-state index contributed by atoms with van der Waals surface area (Å²) in [5.41, 5.74) is -2.02. The number of halogens is 6. The highest BCUT2D eigenvalue weighted by Gasteiger charge is 2.36. The van der Waals surface area contributed by atoms with Crippen molar-refractivity contribution >= 4 is 5.91 Å². The van der Waals surface area contributed by atoms with Gasteiger partial charge in [0.1, 0.15) is 0 Å². The molecule has 1 aliphatic rings. The summed E-state index contributed by atoms with van der Waals surface area (Å²) in [4.78, 5) is 14.2. The lowest BCUT2D eigenvalue weighted by molar-refractivity contribution is -0.143. The molecule has 1 heterocycles. The number of piperazine rings is 1. The highest BCUT2D eigenvalue weighted by molar-refractivity contribution is 5.94. The summed E-state index contributed by atoms with van der Waals surface area (Å²) in [7, 11) is 0. The van der Waals surface area contributed by atoms with Crippen LogP contribution < -0.4 is 5.32 Å². The molecule has 3 nitrogen and oxygen atoms in total. The third-order valence-electron chi connectivity index (χ3n) is 4.63. The van der Waals surface area contributed by atoms with Crippen LogP contribution in [0, 0.1) is 0 Å². The van der Waals surface area contributed by atoms with Gasteiger partial charge in [0.2, 0.25) is 0 Å². The average Bonchev–Trinajstić information content (AvgIpc) is 2.67. The van der Waals surface area contributed by atoms with Gasteiger partial charge in [-0.3, -0.25) is 4.79 Å². The van der Waals surface area contributed by atoms with Crippen molar-refractivity contribution in [3.8, 4) is 0 Å². The van der Waals surface area contributed by atoms with Gasteiger partial charge in [-0.2, -0.15) is 26.3 Å². The topological polar surface area (TPSA) is 32.3 Å². The number of benzene rings is 2. The summed E-state index contributed by atoms with van der Waals surface area (Å²) in [5, 5.41) is 3.12. The fraction of sp³-hybridized carbons (Fsp3) is 0.350. The Morgan fingerprint density at radius 3 is 2.00 bits per heavy atom. The van der Waals surface area contributed by atoms with E-state index in [1.807, 2.05) is 0 Å². The van der Waals surface area contributed by atoms with Gasteiger partial charge in [-0.1, -0.05) is 12.1 Å². The van der Waals surface area contributed by atoms with E-state index in [4.69, 9.17) is 0 Å². The van der Waals surface area contributed by atoms with Gasteiger partial charge in [0.25, 0.3) is 5.91 Å². The Kier molecular flexibility index (Phi) is 5.88. The number of carbonyl (C=O) groups excluding carboxylic acids is 1. The molecule has 0 bridgehead atoms. The van der Waals surface area contributed by atoms with Crippen molar-refractivity contribution in [2.24, 2.45) is 0 Å². The minimum atomic E-state index is -4.89. The van der Waals surface area contributed by atoms with Crippen molar-refractivity contribution in [2.45, 2.75) is 18.8 Å².